The van der Waals surface area contributed by atoms with Crippen molar-refractivity contribution in [3.05, 3.63) is 16.1 Å². The second-order valence-electron chi connectivity index (χ2n) is 3.91. The first-order valence-corrected chi connectivity index (χ1v) is 6.68. The van der Waals surface area contributed by atoms with Gasteiger partial charge in [0.1, 0.15) is 11.0 Å². The third-order valence-electron chi connectivity index (χ3n) is 2.09. The van der Waals surface area contributed by atoms with E-state index in [0.29, 0.717) is 26.8 Å². The first-order chi connectivity index (χ1) is 8.49. The highest BCUT2D eigenvalue weighted by molar-refractivity contribution is 7.00. The minimum Gasteiger partial charge on any atom is -0.370 e. The average molecular weight is 304 g/mol. The van der Waals surface area contributed by atoms with Gasteiger partial charge in [-0.3, -0.25) is 4.99 Å². The van der Waals surface area contributed by atoms with E-state index < -0.39 is 0 Å². The summed E-state index contributed by atoms with van der Waals surface area (Å²) in [6, 6.07) is 1.70. The number of fused-ring (bicyclic) bond motifs is 1. The van der Waals surface area contributed by atoms with Crippen LogP contribution in [0, 0.1) is 0 Å². The molecule has 0 aliphatic rings. The summed E-state index contributed by atoms with van der Waals surface area (Å²) >= 11 is 13.2. The van der Waals surface area contributed by atoms with E-state index in [2.05, 4.69) is 19.1 Å². The van der Waals surface area contributed by atoms with Crippen molar-refractivity contribution in [2.45, 2.75) is 19.9 Å². The molecular weight excluding hydrogens is 293 g/mol. The first-order valence-electron chi connectivity index (χ1n) is 5.19. The van der Waals surface area contributed by atoms with Crippen molar-refractivity contribution in [3.8, 4) is 0 Å². The number of nitrogens with two attached hydrogens (primary N) is 1. The van der Waals surface area contributed by atoms with Crippen molar-refractivity contribution in [2.75, 3.05) is 5.32 Å². The molecule has 0 aliphatic heterocycles. The van der Waals surface area contributed by atoms with Gasteiger partial charge in [0.2, 0.25) is 0 Å². The summed E-state index contributed by atoms with van der Waals surface area (Å²) in [6.07, 6.45) is 0. The van der Waals surface area contributed by atoms with Crippen LogP contribution in [0.4, 0.5) is 5.69 Å². The van der Waals surface area contributed by atoms with Gasteiger partial charge in [0.15, 0.2) is 5.96 Å². The molecule has 1 heterocycles. The van der Waals surface area contributed by atoms with Crippen LogP contribution in [0.15, 0.2) is 11.1 Å². The molecule has 8 heteroatoms. The van der Waals surface area contributed by atoms with Crippen molar-refractivity contribution in [1.29, 1.82) is 0 Å². The number of hydrogen-bond acceptors (Lipinski definition) is 4. The molecule has 0 fully saturated rings. The van der Waals surface area contributed by atoms with Crippen molar-refractivity contribution in [3.63, 3.8) is 0 Å². The molecule has 0 unspecified atom stereocenters. The molecule has 5 nitrogen and oxygen atoms in total. The SMILES string of the molecule is CC(C)N=C(N)Nc1c(Cl)cc(Cl)c2nsnc12. The molecule has 18 heavy (non-hydrogen) atoms. The standard InChI is InChI=1S/C10H11Cl2N5S/c1-4(2)14-10(13)15-7-5(11)3-6(12)8-9(7)17-18-16-8/h3-4H,1-2H3,(H3,13,14,15). The molecule has 0 spiro atoms. The fourth-order valence-corrected chi connectivity index (χ4v) is 2.59. The lowest BCUT2D eigenvalue weighted by atomic mass is 10.2. The Morgan fingerprint density at radius 1 is 1.33 bits per heavy atom. The minimum atomic E-state index is 0.0904. The van der Waals surface area contributed by atoms with E-state index in [1.165, 1.54) is 0 Å². The largest absolute Gasteiger partial charge is 0.370 e. The van der Waals surface area contributed by atoms with Crippen LogP contribution in [-0.4, -0.2) is 20.7 Å². The number of rotatable bonds is 2. The quantitative estimate of drug-likeness (QED) is 0.660. The first kappa shape index (κ1) is 13.3. The second kappa shape index (κ2) is 5.26. The number of halogens is 2. The van der Waals surface area contributed by atoms with Gasteiger partial charge in [-0.2, -0.15) is 8.75 Å². The predicted molar refractivity (Wildman–Crippen MR) is 77.8 cm³/mol. The van der Waals surface area contributed by atoms with E-state index in [9.17, 15) is 0 Å². The maximum Gasteiger partial charge on any atom is 0.193 e. The van der Waals surface area contributed by atoms with Crippen molar-refractivity contribution in [2.24, 2.45) is 10.7 Å². The van der Waals surface area contributed by atoms with E-state index in [0.717, 1.165) is 11.7 Å². The summed E-state index contributed by atoms with van der Waals surface area (Å²) in [6.45, 7) is 3.86. The van der Waals surface area contributed by atoms with Crippen molar-refractivity contribution < 1.29 is 0 Å². The molecule has 1 aromatic carbocycles. The Hall–Kier alpha value is -1.11. The smallest absolute Gasteiger partial charge is 0.193 e. The molecule has 3 N–H and O–H groups in total. The van der Waals surface area contributed by atoms with Crippen molar-refractivity contribution >= 4 is 57.6 Å². The fraction of sp³-hybridized carbons (Fsp3) is 0.300. The van der Waals surface area contributed by atoms with Crippen LogP contribution in [0.1, 0.15) is 13.8 Å². The molecular formula is C10H11Cl2N5S. The fourth-order valence-electron chi connectivity index (χ4n) is 1.43. The maximum absolute atomic E-state index is 6.13. The molecule has 0 atom stereocenters. The Balaban J connectivity index is 2.48. The molecule has 0 bridgehead atoms. The molecule has 2 aromatic rings. The number of nitrogens with one attached hydrogen (secondary N) is 1. The van der Waals surface area contributed by atoms with Crippen LogP contribution < -0.4 is 11.1 Å². The van der Waals surface area contributed by atoms with E-state index in [-0.39, 0.29) is 12.0 Å². The molecule has 1 aromatic heterocycles. The summed E-state index contributed by atoms with van der Waals surface area (Å²) in [4.78, 5) is 4.17. The highest BCUT2D eigenvalue weighted by atomic mass is 35.5. The van der Waals surface area contributed by atoms with E-state index >= 15 is 0 Å². The number of guanidine groups is 1. The number of nitrogens with zero attached hydrogens (tertiary/aromatic N) is 3. The van der Waals surface area contributed by atoms with Gasteiger partial charge < -0.3 is 11.1 Å². The summed E-state index contributed by atoms with van der Waals surface area (Å²) < 4.78 is 8.27. The van der Waals surface area contributed by atoms with Gasteiger partial charge in [-0.05, 0) is 19.9 Å². The molecule has 0 saturated heterocycles. The zero-order chi connectivity index (χ0) is 13.3. The number of aromatic nitrogens is 2. The minimum absolute atomic E-state index is 0.0904. The Labute approximate surface area is 118 Å². The van der Waals surface area contributed by atoms with Gasteiger partial charge in [-0.25, -0.2) is 0 Å². The molecule has 0 radical (unpaired) electrons. The van der Waals surface area contributed by atoms with E-state index in [1.807, 2.05) is 13.8 Å². The summed E-state index contributed by atoms with van der Waals surface area (Å²) in [5.74, 6) is 0.281. The number of aliphatic imine (C=N–C) groups is 1. The lowest BCUT2D eigenvalue weighted by Gasteiger charge is -2.09. The van der Waals surface area contributed by atoms with Gasteiger partial charge in [-0.1, -0.05) is 23.2 Å². The zero-order valence-electron chi connectivity index (χ0n) is 9.74. The van der Waals surface area contributed by atoms with E-state index in [1.54, 1.807) is 6.07 Å². The third-order valence-corrected chi connectivity index (χ3v) is 3.21. The summed E-state index contributed by atoms with van der Waals surface area (Å²) in [5, 5.41) is 3.84. The summed E-state index contributed by atoms with van der Waals surface area (Å²) in [7, 11) is 0. The normalized spacial score (nSPS) is 12.4. The highest BCUT2D eigenvalue weighted by Crippen LogP contribution is 2.34. The van der Waals surface area contributed by atoms with Gasteiger partial charge in [0.25, 0.3) is 0 Å². The van der Waals surface area contributed by atoms with E-state index in [4.69, 9.17) is 28.9 Å². The van der Waals surface area contributed by atoms with Crippen LogP contribution in [-0.2, 0) is 0 Å². The molecule has 0 amide bonds. The molecule has 0 aliphatic carbocycles. The molecule has 0 saturated carbocycles. The third kappa shape index (κ3) is 2.66. The van der Waals surface area contributed by atoms with Crippen LogP contribution >= 0.6 is 34.9 Å². The van der Waals surface area contributed by atoms with Crippen LogP contribution in [0.5, 0.6) is 0 Å². The monoisotopic (exact) mass is 303 g/mol. The lowest BCUT2D eigenvalue weighted by Crippen LogP contribution is -2.24. The molecule has 2 rings (SSSR count). The Morgan fingerprint density at radius 3 is 2.67 bits per heavy atom. The Morgan fingerprint density at radius 2 is 2.00 bits per heavy atom. The van der Waals surface area contributed by atoms with Crippen LogP contribution in [0.3, 0.4) is 0 Å². The zero-order valence-corrected chi connectivity index (χ0v) is 12.1. The Bertz CT molecular complexity index is 608. The summed E-state index contributed by atoms with van der Waals surface area (Å²) in [5.41, 5.74) is 7.55. The van der Waals surface area contributed by atoms with Crippen molar-refractivity contribution in [1.82, 2.24) is 8.75 Å². The predicted octanol–water partition coefficient (Wildman–Crippen LogP) is 3.13. The number of hydrogen-bond donors (Lipinski definition) is 2. The van der Waals surface area contributed by atoms with Gasteiger partial charge in [0.05, 0.1) is 27.5 Å². The maximum atomic E-state index is 6.13. The molecule has 96 valence electrons. The van der Waals surface area contributed by atoms with Crippen LogP contribution in [0.25, 0.3) is 11.0 Å². The van der Waals surface area contributed by atoms with Crippen LogP contribution in [0.2, 0.25) is 10.0 Å². The lowest BCUT2D eigenvalue weighted by molar-refractivity contribution is 0.833. The highest BCUT2D eigenvalue weighted by Gasteiger charge is 2.14. The van der Waals surface area contributed by atoms with Gasteiger partial charge in [-0.15, -0.1) is 0 Å². The number of anilines is 1. The number of benzene rings is 1. The second-order valence-corrected chi connectivity index (χ2v) is 5.25. The Kier molecular flexibility index (Phi) is 3.89. The average Bonchev–Trinajstić information content (AvgIpc) is 2.72. The topological polar surface area (TPSA) is 76.2 Å². The van der Waals surface area contributed by atoms with Gasteiger partial charge >= 0.3 is 0 Å². The van der Waals surface area contributed by atoms with Gasteiger partial charge in [0, 0.05) is 6.04 Å².